The van der Waals surface area contributed by atoms with Gasteiger partial charge in [-0.05, 0) is 214 Å². The minimum Gasteiger partial charge on any atom is -0.311 e. The summed E-state index contributed by atoms with van der Waals surface area (Å²) in [5.41, 5.74) is 30.7. The molecule has 2 aliphatic heterocycles. The predicted molar refractivity (Wildman–Crippen MR) is 470 cm³/mol. The van der Waals surface area contributed by atoms with Crippen LogP contribution in [-0.4, -0.2) is 25.8 Å². The summed E-state index contributed by atoms with van der Waals surface area (Å²) in [6, 6.07) is 107. The molecular formula is C102H92BClN6. The van der Waals surface area contributed by atoms with Gasteiger partial charge < -0.3 is 9.80 Å². The Morgan fingerprint density at radius 2 is 0.645 bits per heavy atom. The molecule has 2 aliphatic rings. The molecule has 4 aromatic heterocycles. The van der Waals surface area contributed by atoms with Crippen LogP contribution in [0.2, 0.25) is 5.02 Å². The monoisotopic (exact) mass is 1450 g/mol. The van der Waals surface area contributed by atoms with E-state index in [1.807, 2.05) is 0 Å². The number of rotatable bonds is 9. The van der Waals surface area contributed by atoms with Gasteiger partial charge in [-0.3, -0.25) is 9.13 Å². The smallest absolute Gasteiger partial charge is 0.252 e. The number of pyridine rings is 2. The second-order valence-corrected chi connectivity index (χ2v) is 36.1. The lowest BCUT2D eigenvalue weighted by Gasteiger charge is -2.45. The summed E-state index contributed by atoms with van der Waals surface area (Å²) in [7, 11) is 0. The Labute approximate surface area is 653 Å². The zero-order valence-electron chi connectivity index (χ0n) is 65.8. The van der Waals surface area contributed by atoms with Crippen molar-refractivity contribution in [2.75, 3.05) is 9.80 Å². The standard InChI is InChI=1S/C102H92BClN6/c1-98(2,3)69-33-26-32-65(52-69)68-55-84(106-96(56-68)110-89-50-44-72(101(10,11)12)59-79(89)80-60-73(102(13,14)15)45-51-90(80)110)67-41-47-92-82(54-67)103-81-53-66(83-36-27-39-95(105-83)109-87-48-42-70(99(4,5)6)57-77(87)78-58-71(100(7,8)9)43-49-88(78)109)40-46-91(81)107(85-37-24-22-34-75(85)63-28-18-16-19-29-63)93-61-74(104)62-94(97(93)103)108(92)86-38-25-23-35-76(86)64-30-20-17-21-31-64/h16-62H,1-15H3. The highest BCUT2D eigenvalue weighted by atomic mass is 35.5. The van der Waals surface area contributed by atoms with Gasteiger partial charge in [0.05, 0.1) is 44.8 Å². The second kappa shape index (κ2) is 25.8. The lowest BCUT2D eigenvalue weighted by Crippen LogP contribution is -2.61. The van der Waals surface area contributed by atoms with Gasteiger partial charge in [0.2, 0.25) is 0 Å². The molecule has 16 aromatic rings. The Morgan fingerprint density at radius 1 is 0.264 bits per heavy atom. The number of nitrogens with zero attached hydrogens (tertiary/aromatic N) is 6. The Morgan fingerprint density at radius 3 is 1.09 bits per heavy atom. The van der Waals surface area contributed by atoms with E-state index >= 15 is 0 Å². The fraction of sp³-hybridized carbons (Fsp3) is 0.196. The molecule has 540 valence electrons. The van der Waals surface area contributed by atoms with Crippen molar-refractivity contribution in [3.63, 3.8) is 0 Å². The number of fused-ring (bicyclic) bond motifs is 10. The molecule has 12 aromatic carbocycles. The first-order valence-electron chi connectivity index (χ1n) is 38.9. The van der Waals surface area contributed by atoms with E-state index in [9.17, 15) is 0 Å². The van der Waals surface area contributed by atoms with Gasteiger partial charge in [0.25, 0.3) is 6.71 Å². The fourth-order valence-electron chi connectivity index (χ4n) is 17.1. The van der Waals surface area contributed by atoms with Crippen LogP contribution in [0.4, 0.5) is 34.1 Å². The second-order valence-electron chi connectivity index (χ2n) is 35.7. The van der Waals surface area contributed by atoms with Crippen LogP contribution in [0.15, 0.2) is 285 Å². The van der Waals surface area contributed by atoms with Gasteiger partial charge in [0.1, 0.15) is 11.6 Å². The van der Waals surface area contributed by atoms with Gasteiger partial charge in [-0.25, -0.2) is 9.97 Å². The molecule has 6 heterocycles. The molecule has 0 aliphatic carbocycles. The lowest BCUT2D eigenvalue weighted by atomic mass is 9.33. The van der Waals surface area contributed by atoms with Gasteiger partial charge in [-0.2, -0.15) is 0 Å². The Balaban J connectivity index is 0.910. The van der Waals surface area contributed by atoms with E-state index in [0.717, 1.165) is 140 Å². The topological polar surface area (TPSA) is 42.1 Å². The molecule has 6 nitrogen and oxygen atoms in total. The first kappa shape index (κ1) is 70.2. The number of anilines is 6. The number of hydrogen-bond donors (Lipinski definition) is 0. The molecule has 8 heteroatoms. The average Bonchev–Trinajstić information content (AvgIpc) is 1.00. The van der Waals surface area contributed by atoms with Gasteiger partial charge in [-0.1, -0.05) is 291 Å². The van der Waals surface area contributed by atoms with Crippen molar-refractivity contribution in [1.82, 2.24) is 19.1 Å². The molecule has 0 radical (unpaired) electrons. The van der Waals surface area contributed by atoms with E-state index in [4.69, 9.17) is 21.6 Å². The highest BCUT2D eigenvalue weighted by Crippen LogP contribution is 2.51. The summed E-state index contributed by atoms with van der Waals surface area (Å²) in [6.07, 6.45) is 0. The average molecular weight is 1450 g/mol. The summed E-state index contributed by atoms with van der Waals surface area (Å²) in [5, 5.41) is 5.52. The number of hydrogen-bond acceptors (Lipinski definition) is 4. The summed E-state index contributed by atoms with van der Waals surface area (Å²) in [4.78, 5) is 16.8. The van der Waals surface area contributed by atoms with Crippen molar-refractivity contribution in [1.29, 1.82) is 0 Å². The summed E-state index contributed by atoms with van der Waals surface area (Å²) < 4.78 is 4.80. The van der Waals surface area contributed by atoms with Crippen molar-refractivity contribution in [3.8, 4) is 67.5 Å². The molecule has 0 amide bonds. The third-order valence-electron chi connectivity index (χ3n) is 23.1. The van der Waals surface area contributed by atoms with E-state index in [2.05, 4.69) is 408 Å². The maximum atomic E-state index is 7.81. The van der Waals surface area contributed by atoms with E-state index < -0.39 is 0 Å². The Kier molecular flexibility index (Phi) is 16.5. The van der Waals surface area contributed by atoms with Crippen LogP contribution in [0.3, 0.4) is 0 Å². The third kappa shape index (κ3) is 12.0. The molecule has 0 saturated carbocycles. The lowest BCUT2D eigenvalue weighted by molar-refractivity contribution is 0.590. The number of benzene rings is 12. The van der Waals surface area contributed by atoms with Crippen LogP contribution in [0.5, 0.6) is 0 Å². The van der Waals surface area contributed by atoms with Crippen molar-refractivity contribution >= 4 is 112 Å². The summed E-state index contributed by atoms with van der Waals surface area (Å²) in [6.45, 7) is 34.2. The van der Waals surface area contributed by atoms with Gasteiger partial charge in [-0.15, -0.1) is 0 Å². The molecule has 0 fully saturated rings. The largest absolute Gasteiger partial charge is 0.311 e. The number of halogens is 1. The SMILES string of the molecule is CC(C)(C)c1cccc(-c2cc(-c3ccc4c(c3)B3c5cc(-c6cccc(-n7c8ccc(C(C)(C)C)cc8c8cc(C(C)(C)C)ccc87)n6)ccc5N(c5ccccc5-c5ccccc5)c5cc(Cl)cc(c53)N4c3ccccc3-c3ccccc3)nc(-n3c4ccc(C(C)(C)C)cc4c4cc(C(C)(C)C)ccc43)c2)c1. The van der Waals surface area contributed by atoms with E-state index in [1.165, 1.54) is 49.4 Å². The normalized spacial score (nSPS) is 13.2. The summed E-state index contributed by atoms with van der Waals surface area (Å²) in [5.74, 6) is 1.71. The van der Waals surface area contributed by atoms with Gasteiger partial charge in [0, 0.05) is 60.4 Å². The van der Waals surface area contributed by atoms with Crippen molar-refractivity contribution in [2.24, 2.45) is 0 Å². The van der Waals surface area contributed by atoms with Crippen LogP contribution < -0.4 is 26.2 Å². The molecule has 0 spiro atoms. The van der Waals surface area contributed by atoms with E-state index in [-0.39, 0.29) is 33.8 Å². The summed E-state index contributed by atoms with van der Waals surface area (Å²) >= 11 is 7.81. The van der Waals surface area contributed by atoms with Crippen LogP contribution in [0.25, 0.3) is 111 Å². The Hall–Kier alpha value is -11.5. The predicted octanol–water partition coefficient (Wildman–Crippen LogP) is 26.2. The van der Waals surface area contributed by atoms with E-state index in [0.29, 0.717) is 5.02 Å². The zero-order valence-corrected chi connectivity index (χ0v) is 66.5. The first-order valence-corrected chi connectivity index (χ1v) is 39.3. The fourth-order valence-corrected chi connectivity index (χ4v) is 17.3. The molecule has 0 N–H and O–H groups in total. The van der Waals surface area contributed by atoms with Crippen molar-refractivity contribution < 1.29 is 0 Å². The molecule has 0 bridgehead atoms. The molecule has 0 saturated heterocycles. The van der Waals surface area contributed by atoms with Crippen LogP contribution in [-0.2, 0) is 27.1 Å². The minimum atomic E-state index is -0.338. The van der Waals surface area contributed by atoms with Crippen LogP contribution in [0.1, 0.15) is 132 Å². The highest BCUT2D eigenvalue weighted by Gasteiger charge is 2.45. The maximum absolute atomic E-state index is 7.81. The third-order valence-corrected chi connectivity index (χ3v) is 23.4. The van der Waals surface area contributed by atoms with Crippen molar-refractivity contribution in [2.45, 2.75) is 131 Å². The quantitative estimate of drug-likeness (QED) is 0.135. The molecule has 0 unspecified atom stereocenters. The number of aromatic nitrogens is 4. The van der Waals surface area contributed by atoms with Crippen LogP contribution in [0, 0.1) is 0 Å². The molecule has 18 rings (SSSR count). The van der Waals surface area contributed by atoms with Crippen LogP contribution >= 0.6 is 11.6 Å². The number of para-hydroxylation sites is 2. The van der Waals surface area contributed by atoms with Gasteiger partial charge >= 0.3 is 0 Å². The zero-order chi connectivity index (χ0) is 76.2. The first-order chi connectivity index (χ1) is 52.6. The molecule has 0 atom stereocenters. The highest BCUT2D eigenvalue weighted by molar-refractivity contribution is 7.00. The minimum absolute atomic E-state index is 0.0412. The van der Waals surface area contributed by atoms with Crippen molar-refractivity contribution in [3.05, 3.63) is 318 Å². The van der Waals surface area contributed by atoms with E-state index in [1.54, 1.807) is 0 Å². The molecule has 110 heavy (non-hydrogen) atoms. The maximum Gasteiger partial charge on any atom is 0.252 e. The van der Waals surface area contributed by atoms with Gasteiger partial charge in [0.15, 0.2) is 0 Å². The Bertz CT molecular complexity index is 6240. The molecular weight excluding hydrogens is 1360 g/mol.